The van der Waals surface area contributed by atoms with E-state index in [4.69, 9.17) is 11.6 Å². The molecule has 2 aromatic carbocycles. The van der Waals surface area contributed by atoms with E-state index in [1.54, 1.807) is 12.1 Å². The minimum atomic E-state index is -0.139. The Balaban J connectivity index is 1.94. The first kappa shape index (κ1) is 14.9. The Hall–Kier alpha value is -1.52. The number of rotatable bonds is 4. The van der Waals surface area contributed by atoms with Gasteiger partial charge in [0.1, 0.15) is 0 Å². The maximum absolute atomic E-state index is 11.9. The SMILES string of the molecule is Cc1cc(Br)ccc1NCC(=O)Nc1ccccc1Cl. The van der Waals surface area contributed by atoms with Crippen molar-refractivity contribution in [1.29, 1.82) is 0 Å². The van der Waals surface area contributed by atoms with Crippen molar-refractivity contribution in [2.75, 3.05) is 17.2 Å². The number of benzene rings is 2. The average Bonchev–Trinajstić information content (AvgIpc) is 2.40. The van der Waals surface area contributed by atoms with Gasteiger partial charge in [-0.2, -0.15) is 0 Å². The summed E-state index contributed by atoms with van der Waals surface area (Å²) in [7, 11) is 0. The lowest BCUT2D eigenvalue weighted by atomic mass is 10.2. The van der Waals surface area contributed by atoms with Crippen molar-refractivity contribution in [3.8, 4) is 0 Å². The van der Waals surface area contributed by atoms with Gasteiger partial charge in [0.25, 0.3) is 0 Å². The third-order valence-corrected chi connectivity index (χ3v) is 3.60. The lowest BCUT2D eigenvalue weighted by Crippen LogP contribution is -2.22. The normalized spacial score (nSPS) is 10.2. The van der Waals surface area contributed by atoms with Crippen molar-refractivity contribution >= 4 is 44.8 Å². The molecule has 0 aromatic heterocycles. The van der Waals surface area contributed by atoms with Crippen molar-refractivity contribution < 1.29 is 4.79 Å². The summed E-state index contributed by atoms with van der Waals surface area (Å²) in [6.45, 7) is 2.17. The summed E-state index contributed by atoms with van der Waals surface area (Å²) in [5.41, 5.74) is 2.63. The fourth-order valence-electron chi connectivity index (χ4n) is 1.76. The number of amides is 1. The Morgan fingerprint density at radius 3 is 2.65 bits per heavy atom. The summed E-state index contributed by atoms with van der Waals surface area (Å²) < 4.78 is 1.01. The number of aryl methyl sites for hydroxylation is 1. The van der Waals surface area contributed by atoms with Gasteiger partial charge in [-0.1, -0.05) is 39.7 Å². The first-order valence-electron chi connectivity index (χ1n) is 6.10. The fraction of sp³-hybridized carbons (Fsp3) is 0.133. The lowest BCUT2D eigenvalue weighted by molar-refractivity contribution is -0.114. The largest absolute Gasteiger partial charge is 0.376 e. The zero-order valence-electron chi connectivity index (χ0n) is 10.9. The van der Waals surface area contributed by atoms with Crippen LogP contribution in [0.25, 0.3) is 0 Å². The van der Waals surface area contributed by atoms with Crippen LogP contribution in [0.5, 0.6) is 0 Å². The summed E-state index contributed by atoms with van der Waals surface area (Å²) in [5, 5.41) is 6.40. The molecular formula is C15H14BrClN2O. The molecule has 104 valence electrons. The Labute approximate surface area is 131 Å². The van der Waals surface area contributed by atoms with Crippen molar-refractivity contribution in [2.45, 2.75) is 6.92 Å². The van der Waals surface area contributed by atoms with Crippen LogP contribution in [0.4, 0.5) is 11.4 Å². The first-order valence-corrected chi connectivity index (χ1v) is 7.28. The smallest absolute Gasteiger partial charge is 0.243 e. The standard InChI is InChI=1S/C15H14BrClN2O/c1-10-8-11(16)6-7-13(10)18-9-15(20)19-14-5-3-2-4-12(14)17/h2-8,18H,9H2,1H3,(H,19,20). The van der Waals surface area contributed by atoms with Crippen LogP contribution in [0.2, 0.25) is 5.02 Å². The van der Waals surface area contributed by atoms with Crippen LogP contribution in [0.1, 0.15) is 5.56 Å². The van der Waals surface area contributed by atoms with E-state index in [0.29, 0.717) is 10.7 Å². The van der Waals surface area contributed by atoms with Gasteiger partial charge in [-0.25, -0.2) is 0 Å². The number of hydrogen-bond donors (Lipinski definition) is 2. The maximum Gasteiger partial charge on any atom is 0.243 e. The number of hydrogen-bond acceptors (Lipinski definition) is 2. The molecule has 0 aliphatic carbocycles. The third kappa shape index (κ3) is 3.99. The Morgan fingerprint density at radius 1 is 1.20 bits per heavy atom. The quantitative estimate of drug-likeness (QED) is 0.852. The molecule has 0 saturated carbocycles. The summed E-state index contributed by atoms with van der Waals surface area (Å²) in [6.07, 6.45) is 0. The third-order valence-electron chi connectivity index (χ3n) is 2.78. The van der Waals surface area contributed by atoms with E-state index >= 15 is 0 Å². The molecule has 2 rings (SSSR count). The van der Waals surface area contributed by atoms with Crippen molar-refractivity contribution in [1.82, 2.24) is 0 Å². The number of nitrogens with one attached hydrogen (secondary N) is 2. The summed E-state index contributed by atoms with van der Waals surface area (Å²) in [4.78, 5) is 11.9. The summed E-state index contributed by atoms with van der Waals surface area (Å²) in [6, 6.07) is 13.0. The van der Waals surface area contributed by atoms with Crippen molar-refractivity contribution in [2.24, 2.45) is 0 Å². The Morgan fingerprint density at radius 2 is 1.95 bits per heavy atom. The zero-order chi connectivity index (χ0) is 14.5. The zero-order valence-corrected chi connectivity index (χ0v) is 13.3. The van der Waals surface area contributed by atoms with E-state index in [0.717, 1.165) is 15.7 Å². The second kappa shape index (κ2) is 6.77. The van der Waals surface area contributed by atoms with Gasteiger partial charge in [0, 0.05) is 10.2 Å². The van der Waals surface area contributed by atoms with E-state index in [2.05, 4.69) is 26.6 Å². The molecule has 20 heavy (non-hydrogen) atoms. The Bertz CT molecular complexity index is 631. The second-order valence-corrected chi connectivity index (χ2v) is 5.66. The molecule has 3 nitrogen and oxygen atoms in total. The molecule has 0 saturated heterocycles. The molecule has 5 heteroatoms. The van der Waals surface area contributed by atoms with Crippen molar-refractivity contribution in [3.05, 3.63) is 57.5 Å². The average molecular weight is 354 g/mol. The second-order valence-electron chi connectivity index (χ2n) is 4.34. The van der Waals surface area contributed by atoms with Crippen LogP contribution in [0.3, 0.4) is 0 Å². The highest BCUT2D eigenvalue weighted by atomic mass is 79.9. The van der Waals surface area contributed by atoms with Crippen molar-refractivity contribution in [3.63, 3.8) is 0 Å². The number of halogens is 2. The summed E-state index contributed by atoms with van der Waals surface area (Å²) >= 11 is 9.39. The molecule has 0 bridgehead atoms. The molecule has 0 aliphatic rings. The van der Waals surface area contributed by atoms with Crippen LogP contribution < -0.4 is 10.6 Å². The van der Waals surface area contributed by atoms with E-state index in [-0.39, 0.29) is 12.5 Å². The molecule has 0 radical (unpaired) electrons. The van der Waals surface area contributed by atoms with Gasteiger partial charge < -0.3 is 10.6 Å². The van der Waals surface area contributed by atoms with E-state index < -0.39 is 0 Å². The number of carbonyl (C=O) groups is 1. The molecule has 0 atom stereocenters. The van der Waals surface area contributed by atoms with Gasteiger partial charge in [-0.3, -0.25) is 4.79 Å². The van der Waals surface area contributed by atoms with Gasteiger partial charge in [0.15, 0.2) is 0 Å². The van der Waals surface area contributed by atoms with E-state index in [1.165, 1.54) is 0 Å². The molecule has 0 heterocycles. The Kier molecular flexibility index (Phi) is 5.04. The van der Waals surface area contributed by atoms with Gasteiger partial charge in [-0.15, -0.1) is 0 Å². The highest BCUT2D eigenvalue weighted by Crippen LogP contribution is 2.21. The molecule has 0 unspecified atom stereocenters. The number of anilines is 2. The van der Waals surface area contributed by atoms with Crippen LogP contribution in [0, 0.1) is 6.92 Å². The number of carbonyl (C=O) groups excluding carboxylic acids is 1. The summed E-state index contributed by atoms with van der Waals surface area (Å²) in [5.74, 6) is -0.139. The van der Waals surface area contributed by atoms with Crippen LogP contribution in [-0.4, -0.2) is 12.5 Å². The molecule has 2 N–H and O–H groups in total. The minimum absolute atomic E-state index is 0.139. The highest BCUT2D eigenvalue weighted by Gasteiger charge is 2.06. The molecular weight excluding hydrogens is 340 g/mol. The van der Waals surface area contributed by atoms with E-state index in [9.17, 15) is 4.79 Å². The monoisotopic (exact) mass is 352 g/mol. The van der Waals surface area contributed by atoms with Gasteiger partial charge in [-0.05, 0) is 42.8 Å². The predicted molar refractivity (Wildman–Crippen MR) is 87.5 cm³/mol. The molecule has 1 amide bonds. The van der Waals surface area contributed by atoms with E-state index in [1.807, 2.05) is 37.3 Å². The molecule has 2 aromatic rings. The predicted octanol–water partition coefficient (Wildman–Crippen LogP) is 4.46. The minimum Gasteiger partial charge on any atom is -0.376 e. The van der Waals surface area contributed by atoms with Crippen LogP contribution in [0.15, 0.2) is 46.9 Å². The van der Waals surface area contributed by atoms with Gasteiger partial charge >= 0.3 is 0 Å². The fourth-order valence-corrected chi connectivity index (χ4v) is 2.42. The van der Waals surface area contributed by atoms with Crippen LogP contribution in [-0.2, 0) is 4.79 Å². The molecule has 0 aliphatic heterocycles. The van der Waals surface area contributed by atoms with Gasteiger partial charge in [0.2, 0.25) is 5.91 Å². The molecule has 0 spiro atoms. The topological polar surface area (TPSA) is 41.1 Å². The lowest BCUT2D eigenvalue weighted by Gasteiger charge is -2.11. The van der Waals surface area contributed by atoms with Gasteiger partial charge in [0.05, 0.1) is 17.3 Å². The molecule has 0 fully saturated rings. The number of para-hydroxylation sites is 1. The maximum atomic E-state index is 11.9. The first-order chi connectivity index (χ1) is 9.56. The highest BCUT2D eigenvalue weighted by molar-refractivity contribution is 9.10. The van der Waals surface area contributed by atoms with Crippen LogP contribution >= 0.6 is 27.5 Å².